The Morgan fingerprint density at radius 2 is 1.95 bits per heavy atom. The topological polar surface area (TPSA) is 43.6 Å². The molecule has 0 aliphatic rings. The molecule has 0 saturated heterocycles. The molecular weight excluding hydrogens is 340 g/mol. The normalized spacial score (nSPS) is 10.7. The number of aromatic nitrogens is 4. The summed E-state index contributed by atoms with van der Waals surface area (Å²) in [6, 6.07) is 15.5. The van der Waals surface area contributed by atoms with Crippen molar-refractivity contribution in [3.63, 3.8) is 0 Å². The first-order chi connectivity index (χ1) is 9.74. The molecule has 6 heteroatoms. The third kappa shape index (κ3) is 2.73. The van der Waals surface area contributed by atoms with Gasteiger partial charge in [0.25, 0.3) is 0 Å². The van der Waals surface area contributed by atoms with Crippen LogP contribution in [0.3, 0.4) is 0 Å². The number of benzene rings is 2. The Balaban J connectivity index is 1.97. The Morgan fingerprint density at radius 3 is 2.75 bits per heavy atom. The van der Waals surface area contributed by atoms with Crippen molar-refractivity contribution in [3.05, 3.63) is 69.4 Å². The minimum atomic E-state index is 0.620. The fourth-order valence-electron chi connectivity index (χ4n) is 1.96. The van der Waals surface area contributed by atoms with Gasteiger partial charge >= 0.3 is 0 Å². The molecule has 3 rings (SSSR count). The number of halogens is 2. The summed E-state index contributed by atoms with van der Waals surface area (Å²) in [5, 5.41) is 12.6. The molecule has 0 bridgehead atoms. The molecule has 0 amide bonds. The van der Waals surface area contributed by atoms with E-state index < -0.39 is 0 Å². The first-order valence-electron chi connectivity index (χ1n) is 6.00. The zero-order chi connectivity index (χ0) is 13.9. The number of tetrazole rings is 1. The monoisotopic (exact) mass is 348 g/mol. The molecule has 0 radical (unpaired) electrons. The molecule has 1 heterocycles. The largest absolute Gasteiger partial charge is 0.196 e. The molecule has 2 aromatic carbocycles. The number of para-hydroxylation sites is 1. The fourth-order valence-corrected chi connectivity index (χ4v) is 2.62. The van der Waals surface area contributed by atoms with Crippen molar-refractivity contribution in [1.29, 1.82) is 0 Å². The lowest BCUT2D eigenvalue weighted by molar-refractivity contribution is 0.768. The Kier molecular flexibility index (Phi) is 3.80. The van der Waals surface area contributed by atoms with Crippen LogP contribution in [0, 0.1) is 0 Å². The minimum Gasteiger partial charge on any atom is -0.196 e. The highest BCUT2D eigenvalue weighted by Gasteiger charge is 2.11. The molecule has 20 heavy (non-hydrogen) atoms. The molecule has 3 aromatic rings. The highest BCUT2D eigenvalue weighted by atomic mass is 79.9. The van der Waals surface area contributed by atoms with Crippen molar-refractivity contribution in [3.8, 4) is 5.69 Å². The van der Waals surface area contributed by atoms with Gasteiger partial charge in [0, 0.05) is 15.9 Å². The van der Waals surface area contributed by atoms with Crippen molar-refractivity contribution in [2.45, 2.75) is 6.42 Å². The summed E-state index contributed by atoms with van der Waals surface area (Å²) in [6.45, 7) is 0. The molecule has 0 atom stereocenters. The maximum Gasteiger partial charge on any atom is 0.161 e. The summed E-state index contributed by atoms with van der Waals surface area (Å²) in [5.74, 6) is 0.763. The van der Waals surface area contributed by atoms with Crippen LogP contribution in [0.15, 0.2) is 53.0 Å². The van der Waals surface area contributed by atoms with Gasteiger partial charge in [-0.1, -0.05) is 35.9 Å². The second-order valence-corrected chi connectivity index (χ2v) is 5.56. The van der Waals surface area contributed by atoms with Crippen molar-refractivity contribution >= 4 is 27.5 Å². The van der Waals surface area contributed by atoms with E-state index >= 15 is 0 Å². The molecule has 0 fully saturated rings. The van der Waals surface area contributed by atoms with E-state index in [4.69, 9.17) is 11.6 Å². The first-order valence-corrected chi connectivity index (χ1v) is 7.18. The second-order valence-electron chi connectivity index (χ2n) is 4.27. The zero-order valence-electron chi connectivity index (χ0n) is 10.4. The smallest absolute Gasteiger partial charge is 0.161 e. The average Bonchev–Trinajstić information content (AvgIpc) is 2.87. The Labute approximate surface area is 129 Å². The molecule has 1 aromatic heterocycles. The standard InChI is InChI=1S/C14H10BrClN4/c15-12-6-1-2-7-13(12)20-14(17-18-19-20)9-10-4-3-5-11(16)8-10/h1-8H,9H2. The van der Waals surface area contributed by atoms with Gasteiger partial charge in [-0.05, 0) is 56.2 Å². The van der Waals surface area contributed by atoms with Gasteiger partial charge in [-0.15, -0.1) is 5.10 Å². The number of nitrogens with zero attached hydrogens (tertiary/aromatic N) is 4. The SMILES string of the molecule is Clc1cccc(Cc2nnnn2-c2ccccc2Br)c1. The van der Waals surface area contributed by atoms with Gasteiger partial charge in [-0.3, -0.25) is 0 Å². The third-order valence-electron chi connectivity index (χ3n) is 2.87. The summed E-state index contributed by atoms with van der Waals surface area (Å²) >= 11 is 9.51. The summed E-state index contributed by atoms with van der Waals surface area (Å²) in [4.78, 5) is 0. The van der Waals surface area contributed by atoms with E-state index in [1.54, 1.807) is 4.68 Å². The molecular formula is C14H10BrClN4. The van der Waals surface area contributed by atoms with Crippen molar-refractivity contribution in [1.82, 2.24) is 20.2 Å². The van der Waals surface area contributed by atoms with Gasteiger partial charge < -0.3 is 0 Å². The van der Waals surface area contributed by atoms with Gasteiger partial charge in [-0.25, -0.2) is 0 Å². The maximum absolute atomic E-state index is 6.00. The van der Waals surface area contributed by atoms with E-state index in [9.17, 15) is 0 Å². The summed E-state index contributed by atoms with van der Waals surface area (Å²) < 4.78 is 2.67. The molecule has 0 unspecified atom stereocenters. The molecule has 4 nitrogen and oxygen atoms in total. The van der Waals surface area contributed by atoms with Crippen molar-refractivity contribution < 1.29 is 0 Å². The maximum atomic E-state index is 6.00. The highest BCUT2D eigenvalue weighted by molar-refractivity contribution is 9.10. The van der Waals surface area contributed by atoms with Crippen LogP contribution in [-0.2, 0) is 6.42 Å². The van der Waals surface area contributed by atoms with Crippen molar-refractivity contribution in [2.24, 2.45) is 0 Å². The molecule has 0 aliphatic carbocycles. The molecule has 0 spiro atoms. The van der Waals surface area contributed by atoms with Crippen molar-refractivity contribution in [2.75, 3.05) is 0 Å². The predicted octanol–water partition coefficient (Wildman–Crippen LogP) is 3.67. The predicted molar refractivity (Wildman–Crippen MR) is 81.1 cm³/mol. The van der Waals surface area contributed by atoms with E-state index in [-0.39, 0.29) is 0 Å². The zero-order valence-corrected chi connectivity index (χ0v) is 12.7. The second kappa shape index (κ2) is 5.73. The van der Waals surface area contributed by atoms with Crippen LogP contribution < -0.4 is 0 Å². The molecule has 0 saturated carbocycles. The third-order valence-corrected chi connectivity index (χ3v) is 3.77. The van der Waals surface area contributed by atoms with Crippen LogP contribution in [0.4, 0.5) is 0 Å². The number of hydrogen-bond acceptors (Lipinski definition) is 3. The van der Waals surface area contributed by atoms with Gasteiger partial charge in [-0.2, -0.15) is 4.68 Å². The lowest BCUT2D eigenvalue weighted by atomic mass is 10.1. The average molecular weight is 350 g/mol. The number of hydrogen-bond donors (Lipinski definition) is 0. The Morgan fingerprint density at radius 1 is 1.10 bits per heavy atom. The fraction of sp³-hybridized carbons (Fsp3) is 0.0714. The highest BCUT2D eigenvalue weighted by Crippen LogP contribution is 2.21. The van der Waals surface area contributed by atoms with Crippen LogP contribution in [0.1, 0.15) is 11.4 Å². The Hall–Kier alpha value is -1.72. The van der Waals surface area contributed by atoms with Gasteiger partial charge in [0.05, 0.1) is 5.69 Å². The number of rotatable bonds is 3. The molecule has 0 N–H and O–H groups in total. The van der Waals surface area contributed by atoms with E-state index in [1.165, 1.54) is 0 Å². The van der Waals surface area contributed by atoms with Crippen LogP contribution in [-0.4, -0.2) is 20.2 Å². The summed E-state index contributed by atoms with van der Waals surface area (Å²) in [7, 11) is 0. The van der Waals surface area contributed by atoms with Crippen LogP contribution in [0.25, 0.3) is 5.69 Å². The Bertz CT molecular complexity index is 741. The van der Waals surface area contributed by atoms with E-state index in [0.717, 1.165) is 21.5 Å². The van der Waals surface area contributed by atoms with E-state index in [2.05, 4.69) is 31.5 Å². The first kappa shape index (κ1) is 13.3. The van der Waals surface area contributed by atoms with E-state index in [1.807, 2.05) is 48.5 Å². The van der Waals surface area contributed by atoms with E-state index in [0.29, 0.717) is 11.4 Å². The molecule has 100 valence electrons. The summed E-state index contributed by atoms with van der Waals surface area (Å²) in [6.07, 6.45) is 0.620. The lowest BCUT2D eigenvalue weighted by Gasteiger charge is -2.06. The van der Waals surface area contributed by atoms with Gasteiger partial charge in [0.2, 0.25) is 0 Å². The minimum absolute atomic E-state index is 0.620. The van der Waals surface area contributed by atoms with Crippen LogP contribution in [0.5, 0.6) is 0 Å². The van der Waals surface area contributed by atoms with Gasteiger partial charge in [0.15, 0.2) is 5.82 Å². The van der Waals surface area contributed by atoms with Crippen LogP contribution >= 0.6 is 27.5 Å². The van der Waals surface area contributed by atoms with Crippen LogP contribution in [0.2, 0.25) is 5.02 Å². The van der Waals surface area contributed by atoms with Gasteiger partial charge in [0.1, 0.15) is 0 Å². The lowest BCUT2D eigenvalue weighted by Crippen LogP contribution is -2.04. The summed E-state index contributed by atoms with van der Waals surface area (Å²) in [5.41, 5.74) is 1.98. The quantitative estimate of drug-likeness (QED) is 0.724. The molecule has 0 aliphatic heterocycles.